The maximum Gasteiger partial charge on any atom is 0.241 e. The summed E-state index contributed by atoms with van der Waals surface area (Å²) in [6.45, 7) is 5.75. The fourth-order valence-electron chi connectivity index (χ4n) is 1.38. The summed E-state index contributed by atoms with van der Waals surface area (Å²) < 4.78 is 5.51. The average molecular weight is 222 g/mol. The second kappa shape index (κ2) is 5.51. The third kappa shape index (κ3) is 3.24. The molecule has 0 fully saturated rings. The number of ether oxygens (including phenoxy) is 1. The molecule has 3 N–H and O–H groups in total. The smallest absolute Gasteiger partial charge is 0.241 e. The van der Waals surface area contributed by atoms with Crippen molar-refractivity contribution in [2.24, 2.45) is 5.84 Å². The summed E-state index contributed by atoms with van der Waals surface area (Å²) >= 11 is 0. The highest BCUT2D eigenvalue weighted by Crippen LogP contribution is 2.19. The Bertz CT molecular complexity index is 347. The van der Waals surface area contributed by atoms with Gasteiger partial charge in [-0.2, -0.15) is 0 Å². The average Bonchev–Trinajstić information content (AvgIpc) is 2.27. The number of hydrogen-bond donors (Lipinski definition) is 2. The number of rotatable bonds is 4. The summed E-state index contributed by atoms with van der Waals surface area (Å²) in [6.07, 6.45) is 0.149. The second-order valence-electron chi connectivity index (χ2n) is 3.97. The van der Waals surface area contributed by atoms with Gasteiger partial charge in [-0.3, -0.25) is 10.2 Å². The van der Waals surface area contributed by atoms with Crippen LogP contribution in [-0.4, -0.2) is 12.0 Å². The third-order valence-corrected chi connectivity index (χ3v) is 2.29. The summed E-state index contributed by atoms with van der Waals surface area (Å²) in [5.41, 5.74) is 3.06. The fourth-order valence-corrected chi connectivity index (χ4v) is 1.38. The molecule has 0 aliphatic rings. The van der Waals surface area contributed by atoms with E-state index in [9.17, 15) is 4.79 Å². The van der Waals surface area contributed by atoms with Gasteiger partial charge in [-0.05, 0) is 38.5 Å². The maximum absolute atomic E-state index is 11.3. The predicted octanol–water partition coefficient (Wildman–Crippen LogP) is 1.57. The third-order valence-electron chi connectivity index (χ3n) is 2.29. The van der Waals surface area contributed by atoms with E-state index in [2.05, 4.69) is 5.43 Å². The van der Waals surface area contributed by atoms with E-state index >= 15 is 0 Å². The minimum absolute atomic E-state index is 0.149. The molecule has 1 aromatic carbocycles. The summed E-state index contributed by atoms with van der Waals surface area (Å²) in [5, 5.41) is 0. The van der Waals surface area contributed by atoms with Crippen molar-refractivity contribution in [2.75, 3.05) is 0 Å². The van der Waals surface area contributed by atoms with Gasteiger partial charge < -0.3 is 4.74 Å². The first-order valence-electron chi connectivity index (χ1n) is 5.31. The van der Waals surface area contributed by atoms with Gasteiger partial charge in [0, 0.05) is 0 Å². The SMILES string of the molecule is CC(C)Oc1ccc(C(C)C(=O)NN)cc1. The summed E-state index contributed by atoms with van der Waals surface area (Å²) in [5.74, 6) is 5.44. The highest BCUT2D eigenvalue weighted by molar-refractivity contribution is 5.82. The van der Waals surface area contributed by atoms with Gasteiger partial charge in [0.1, 0.15) is 5.75 Å². The fraction of sp³-hybridized carbons (Fsp3) is 0.417. The molecule has 0 radical (unpaired) electrons. The Labute approximate surface area is 95.8 Å². The van der Waals surface area contributed by atoms with Gasteiger partial charge in [0.25, 0.3) is 0 Å². The number of amides is 1. The van der Waals surface area contributed by atoms with E-state index in [1.54, 1.807) is 6.92 Å². The Balaban J connectivity index is 2.74. The molecule has 0 saturated heterocycles. The van der Waals surface area contributed by atoms with Gasteiger partial charge in [-0.15, -0.1) is 0 Å². The van der Waals surface area contributed by atoms with Crippen molar-refractivity contribution < 1.29 is 9.53 Å². The molecule has 1 rings (SSSR count). The molecule has 1 amide bonds. The number of carbonyl (C=O) groups excluding carboxylic acids is 1. The molecule has 0 aromatic heterocycles. The van der Waals surface area contributed by atoms with E-state index in [1.807, 2.05) is 38.1 Å². The lowest BCUT2D eigenvalue weighted by atomic mass is 10.0. The summed E-state index contributed by atoms with van der Waals surface area (Å²) in [6, 6.07) is 7.46. The molecule has 16 heavy (non-hydrogen) atoms. The molecule has 1 atom stereocenters. The number of nitrogens with two attached hydrogens (primary N) is 1. The molecule has 4 nitrogen and oxygen atoms in total. The van der Waals surface area contributed by atoms with Gasteiger partial charge in [0.05, 0.1) is 12.0 Å². The van der Waals surface area contributed by atoms with Crippen LogP contribution >= 0.6 is 0 Å². The van der Waals surface area contributed by atoms with Gasteiger partial charge in [-0.1, -0.05) is 12.1 Å². The zero-order valence-corrected chi connectivity index (χ0v) is 9.86. The van der Waals surface area contributed by atoms with Crippen molar-refractivity contribution in [3.8, 4) is 5.75 Å². The molecule has 0 bridgehead atoms. The van der Waals surface area contributed by atoms with Crippen molar-refractivity contribution in [1.29, 1.82) is 0 Å². The standard InChI is InChI=1S/C12H18N2O2/c1-8(2)16-11-6-4-10(5-7-11)9(3)12(15)14-13/h4-9H,13H2,1-3H3,(H,14,15). The maximum atomic E-state index is 11.3. The van der Waals surface area contributed by atoms with Crippen LogP contribution in [0.25, 0.3) is 0 Å². The number of benzene rings is 1. The largest absolute Gasteiger partial charge is 0.491 e. The Kier molecular flexibility index (Phi) is 4.31. The van der Waals surface area contributed by atoms with Gasteiger partial charge in [0.2, 0.25) is 5.91 Å². The first-order chi connectivity index (χ1) is 7.54. The van der Waals surface area contributed by atoms with Crippen LogP contribution in [0.1, 0.15) is 32.3 Å². The van der Waals surface area contributed by atoms with Crippen molar-refractivity contribution in [2.45, 2.75) is 32.8 Å². The first-order valence-corrected chi connectivity index (χ1v) is 5.31. The molecule has 0 heterocycles. The highest BCUT2D eigenvalue weighted by atomic mass is 16.5. The molecule has 0 aliphatic carbocycles. The molecular formula is C12H18N2O2. The van der Waals surface area contributed by atoms with Crippen LogP contribution in [0.5, 0.6) is 5.75 Å². The van der Waals surface area contributed by atoms with Crippen LogP contribution in [0, 0.1) is 0 Å². The Morgan fingerprint density at radius 1 is 1.25 bits per heavy atom. The molecule has 0 aliphatic heterocycles. The van der Waals surface area contributed by atoms with Crippen molar-refractivity contribution >= 4 is 5.91 Å². The monoisotopic (exact) mass is 222 g/mol. The minimum Gasteiger partial charge on any atom is -0.491 e. The molecular weight excluding hydrogens is 204 g/mol. The number of nitrogens with one attached hydrogen (secondary N) is 1. The second-order valence-corrected chi connectivity index (χ2v) is 3.97. The van der Waals surface area contributed by atoms with E-state index in [0.717, 1.165) is 11.3 Å². The summed E-state index contributed by atoms with van der Waals surface area (Å²) in [7, 11) is 0. The van der Waals surface area contributed by atoms with E-state index in [0.29, 0.717) is 0 Å². The topological polar surface area (TPSA) is 64.3 Å². The number of hydrogen-bond acceptors (Lipinski definition) is 3. The van der Waals surface area contributed by atoms with E-state index < -0.39 is 0 Å². The molecule has 1 aromatic rings. The lowest BCUT2D eigenvalue weighted by molar-refractivity contribution is -0.122. The number of hydrazine groups is 1. The zero-order chi connectivity index (χ0) is 12.1. The van der Waals surface area contributed by atoms with Crippen LogP contribution in [0.3, 0.4) is 0 Å². The normalized spacial score (nSPS) is 12.3. The van der Waals surface area contributed by atoms with Gasteiger partial charge >= 0.3 is 0 Å². The first kappa shape index (κ1) is 12.5. The Morgan fingerprint density at radius 3 is 2.25 bits per heavy atom. The van der Waals surface area contributed by atoms with E-state index in [4.69, 9.17) is 10.6 Å². The summed E-state index contributed by atoms with van der Waals surface area (Å²) in [4.78, 5) is 11.3. The zero-order valence-electron chi connectivity index (χ0n) is 9.86. The Morgan fingerprint density at radius 2 is 1.81 bits per heavy atom. The van der Waals surface area contributed by atoms with E-state index in [1.165, 1.54) is 0 Å². The molecule has 88 valence electrons. The van der Waals surface area contributed by atoms with Crippen LogP contribution in [-0.2, 0) is 4.79 Å². The minimum atomic E-state index is -0.252. The van der Waals surface area contributed by atoms with Crippen molar-refractivity contribution in [3.05, 3.63) is 29.8 Å². The lowest BCUT2D eigenvalue weighted by Crippen LogP contribution is -2.33. The van der Waals surface area contributed by atoms with Gasteiger partial charge in [0.15, 0.2) is 0 Å². The number of carbonyl (C=O) groups is 1. The van der Waals surface area contributed by atoms with E-state index in [-0.39, 0.29) is 17.9 Å². The lowest BCUT2D eigenvalue weighted by Gasteiger charge is -2.12. The molecule has 0 spiro atoms. The van der Waals surface area contributed by atoms with Crippen LogP contribution < -0.4 is 16.0 Å². The molecule has 1 unspecified atom stereocenters. The van der Waals surface area contributed by atoms with Crippen LogP contribution in [0.15, 0.2) is 24.3 Å². The van der Waals surface area contributed by atoms with Crippen molar-refractivity contribution in [3.63, 3.8) is 0 Å². The molecule has 0 saturated carbocycles. The van der Waals surface area contributed by atoms with Gasteiger partial charge in [-0.25, -0.2) is 5.84 Å². The predicted molar refractivity (Wildman–Crippen MR) is 63.0 cm³/mol. The Hall–Kier alpha value is -1.55. The van der Waals surface area contributed by atoms with Crippen LogP contribution in [0.2, 0.25) is 0 Å². The molecule has 4 heteroatoms. The quantitative estimate of drug-likeness (QED) is 0.461. The highest BCUT2D eigenvalue weighted by Gasteiger charge is 2.13. The van der Waals surface area contributed by atoms with Crippen molar-refractivity contribution in [1.82, 2.24) is 5.43 Å². The van der Waals surface area contributed by atoms with Crippen LogP contribution in [0.4, 0.5) is 0 Å².